The van der Waals surface area contributed by atoms with Gasteiger partial charge in [-0.05, 0) is 17.9 Å². The second-order valence-electron chi connectivity index (χ2n) is 9.07. The van der Waals surface area contributed by atoms with Gasteiger partial charge >= 0.3 is 6.09 Å². The Bertz CT molecular complexity index is 1510. The Morgan fingerprint density at radius 1 is 1.08 bits per heavy atom. The average Bonchev–Trinajstić information content (AvgIpc) is 2.94. The number of fused-ring (bicyclic) bond motifs is 2. The minimum Gasteiger partial charge on any atom is -0.493 e. The molecule has 2 aromatic carbocycles. The maximum absolute atomic E-state index is 16.0. The van der Waals surface area contributed by atoms with Crippen molar-refractivity contribution in [1.29, 1.82) is 0 Å². The zero-order valence-corrected chi connectivity index (χ0v) is 21.9. The largest absolute Gasteiger partial charge is 0.493 e. The molecular formula is C28H27ClF2N4O3. The molecule has 1 aliphatic heterocycles. The molecule has 0 bridgehead atoms. The van der Waals surface area contributed by atoms with Crippen molar-refractivity contribution in [3.05, 3.63) is 59.4 Å². The van der Waals surface area contributed by atoms with Gasteiger partial charge in [0.2, 0.25) is 0 Å². The molecule has 0 aliphatic carbocycles. The van der Waals surface area contributed by atoms with Crippen LogP contribution in [0.5, 0.6) is 5.75 Å². The molecule has 10 heteroatoms. The molecule has 198 valence electrons. The molecule has 7 nitrogen and oxygen atoms in total. The molecule has 0 unspecified atom stereocenters. The Morgan fingerprint density at radius 2 is 1.87 bits per heavy atom. The van der Waals surface area contributed by atoms with Crippen molar-refractivity contribution in [3.63, 3.8) is 0 Å². The highest BCUT2D eigenvalue weighted by Gasteiger charge is 2.27. The van der Waals surface area contributed by atoms with E-state index in [0.717, 1.165) is 12.8 Å². The van der Waals surface area contributed by atoms with Gasteiger partial charge in [-0.3, -0.25) is 4.98 Å². The van der Waals surface area contributed by atoms with Crippen LogP contribution in [0.2, 0.25) is 5.02 Å². The lowest BCUT2D eigenvalue weighted by Crippen LogP contribution is -2.49. The Labute approximate surface area is 223 Å². The molecule has 1 aliphatic rings. The maximum Gasteiger partial charge on any atom is 0.409 e. The summed E-state index contributed by atoms with van der Waals surface area (Å²) in [6.45, 7) is 4.34. The van der Waals surface area contributed by atoms with Gasteiger partial charge in [0.1, 0.15) is 17.0 Å². The van der Waals surface area contributed by atoms with E-state index in [4.69, 9.17) is 21.1 Å². The lowest BCUT2D eigenvalue weighted by atomic mass is 10.00. The summed E-state index contributed by atoms with van der Waals surface area (Å²) in [7, 11) is 1.53. The quantitative estimate of drug-likeness (QED) is 0.262. The minimum atomic E-state index is -0.641. The molecule has 0 N–H and O–H groups in total. The number of carbonyl (C=O) groups excluding carboxylic acids is 1. The summed E-state index contributed by atoms with van der Waals surface area (Å²) < 4.78 is 41.2. The topological polar surface area (TPSA) is 67.8 Å². The van der Waals surface area contributed by atoms with Crippen molar-refractivity contribution in [2.45, 2.75) is 19.8 Å². The first-order chi connectivity index (χ1) is 18.4. The molecule has 4 aromatic rings. The van der Waals surface area contributed by atoms with Crippen LogP contribution in [0, 0.1) is 11.6 Å². The summed E-state index contributed by atoms with van der Waals surface area (Å²) in [5.41, 5.74) is 1.16. The number of methoxy groups -OCH3 is 1. The number of unbranched alkanes of at least 4 members (excludes halogenated alkanes) is 1. The number of pyridine rings is 2. The van der Waals surface area contributed by atoms with Crippen molar-refractivity contribution < 1.29 is 23.0 Å². The summed E-state index contributed by atoms with van der Waals surface area (Å²) in [6.07, 6.45) is 4.48. The molecule has 1 amide bonds. The monoisotopic (exact) mass is 540 g/mol. The first kappa shape index (κ1) is 25.9. The van der Waals surface area contributed by atoms with Crippen LogP contribution in [-0.4, -0.2) is 60.9 Å². The number of halogens is 3. The molecule has 3 heterocycles. The van der Waals surface area contributed by atoms with Gasteiger partial charge in [0.15, 0.2) is 11.6 Å². The molecule has 0 radical (unpaired) electrons. The number of carbonyl (C=O) groups is 1. The lowest BCUT2D eigenvalue weighted by Gasteiger charge is -2.36. The second-order valence-corrected chi connectivity index (χ2v) is 9.44. The van der Waals surface area contributed by atoms with Crippen LogP contribution in [0.15, 0.2) is 42.7 Å². The van der Waals surface area contributed by atoms with Crippen LogP contribution in [0.3, 0.4) is 0 Å². The number of anilines is 1. The third-order valence-corrected chi connectivity index (χ3v) is 7.15. The average molecular weight is 541 g/mol. The molecule has 2 aromatic heterocycles. The number of nitrogens with zero attached hydrogens (tertiary/aromatic N) is 4. The number of aromatic nitrogens is 2. The van der Waals surface area contributed by atoms with Gasteiger partial charge < -0.3 is 19.3 Å². The van der Waals surface area contributed by atoms with E-state index in [2.05, 4.69) is 9.97 Å². The first-order valence-electron chi connectivity index (χ1n) is 12.5. The molecule has 1 saturated heterocycles. The van der Waals surface area contributed by atoms with E-state index in [1.807, 2.05) is 11.8 Å². The molecule has 0 atom stereocenters. The molecule has 0 spiro atoms. The maximum atomic E-state index is 16.0. The van der Waals surface area contributed by atoms with Gasteiger partial charge in [-0.15, -0.1) is 0 Å². The lowest BCUT2D eigenvalue weighted by molar-refractivity contribution is 0.0989. The molecule has 1 fully saturated rings. The van der Waals surface area contributed by atoms with E-state index in [1.54, 1.807) is 35.4 Å². The van der Waals surface area contributed by atoms with E-state index in [0.29, 0.717) is 65.9 Å². The Hall–Kier alpha value is -3.72. The van der Waals surface area contributed by atoms with Gasteiger partial charge in [-0.25, -0.2) is 18.6 Å². The Balaban J connectivity index is 1.51. The fraction of sp³-hybridized carbons (Fsp3) is 0.321. The Morgan fingerprint density at radius 3 is 2.61 bits per heavy atom. The van der Waals surface area contributed by atoms with Crippen LogP contribution in [0.1, 0.15) is 19.8 Å². The third-order valence-electron chi connectivity index (χ3n) is 6.78. The van der Waals surface area contributed by atoms with Crippen molar-refractivity contribution in [1.82, 2.24) is 14.9 Å². The number of hydrogen-bond donors (Lipinski definition) is 0. The number of benzene rings is 2. The molecule has 0 saturated carbocycles. The summed E-state index contributed by atoms with van der Waals surface area (Å²) in [4.78, 5) is 24.9. The number of piperazine rings is 1. The van der Waals surface area contributed by atoms with E-state index in [-0.39, 0.29) is 22.3 Å². The summed E-state index contributed by atoms with van der Waals surface area (Å²) in [6, 6.07) is 8.07. The third kappa shape index (κ3) is 4.67. The summed E-state index contributed by atoms with van der Waals surface area (Å²) in [5, 5.41) is 1.44. The van der Waals surface area contributed by atoms with Crippen molar-refractivity contribution in [3.8, 4) is 17.0 Å². The van der Waals surface area contributed by atoms with E-state index < -0.39 is 11.6 Å². The van der Waals surface area contributed by atoms with Crippen LogP contribution in [0.25, 0.3) is 32.9 Å². The van der Waals surface area contributed by atoms with E-state index in [9.17, 15) is 9.18 Å². The fourth-order valence-corrected chi connectivity index (χ4v) is 5.05. The number of ether oxygens (including phenoxy) is 2. The van der Waals surface area contributed by atoms with E-state index >= 15 is 4.39 Å². The Kier molecular flexibility index (Phi) is 7.46. The number of hydrogen-bond acceptors (Lipinski definition) is 6. The normalized spacial score (nSPS) is 13.8. The smallest absolute Gasteiger partial charge is 0.409 e. The van der Waals surface area contributed by atoms with Crippen molar-refractivity contribution in [2.24, 2.45) is 0 Å². The van der Waals surface area contributed by atoms with Gasteiger partial charge in [0.05, 0.1) is 30.6 Å². The van der Waals surface area contributed by atoms with Gasteiger partial charge in [-0.1, -0.05) is 49.2 Å². The fourth-order valence-electron chi connectivity index (χ4n) is 4.77. The number of amides is 1. The summed E-state index contributed by atoms with van der Waals surface area (Å²) in [5.74, 6) is -0.760. The molecular weight excluding hydrogens is 514 g/mol. The van der Waals surface area contributed by atoms with Gasteiger partial charge in [-0.2, -0.15) is 0 Å². The second kappa shape index (κ2) is 10.9. The van der Waals surface area contributed by atoms with Crippen LogP contribution in [0.4, 0.5) is 19.3 Å². The van der Waals surface area contributed by atoms with Crippen LogP contribution in [-0.2, 0) is 4.74 Å². The predicted octanol–water partition coefficient (Wildman–Crippen LogP) is 6.45. The first-order valence-corrected chi connectivity index (χ1v) is 12.9. The highest BCUT2D eigenvalue weighted by atomic mass is 35.5. The predicted molar refractivity (Wildman–Crippen MR) is 144 cm³/mol. The van der Waals surface area contributed by atoms with E-state index in [1.165, 1.54) is 19.4 Å². The van der Waals surface area contributed by atoms with Crippen molar-refractivity contribution >= 4 is 45.1 Å². The van der Waals surface area contributed by atoms with Gasteiger partial charge in [0, 0.05) is 48.7 Å². The van der Waals surface area contributed by atoms with Crippen LogP contribution < -0.4 is 9.64 Å². The zero-order chi connectivity index (χ0) is 26.8. The SMILES string of the molecule is CCCCOC(=O)N1CCN(c2c(OC)cnc3c(F)c(-c4cccc5ccc(F)c(Cl)c45)ncc23)CC1. The zero-order valence-electron chi connectivity index (χ0n) is 21.1. The van der Waals surface area contributed by atoms with Gasteiger partial charge in [0.25, 0.3) is 0 Å². The molecule has 5 rings (SSSR count). The van der Waals surface area contributed by atoms with Crippen LogP contribution >= 0.6 is 11.6 Å². The highest BCUT2D eigenvalue weighted by Crippen LogP contribution is 2.40. The number of rotatable bonds is 6. The summed E-state index contributed by atoms with van der Waals surface area (Å²) >= 11 is 6.29. The van der Waals surface area contributed by atoms with Crippen molar-refractivity contribution in [2.75, 3.05) is 44.8 Å². The minimum absolute atomic E-state index is 0.0267. The molecule has 38 heavy (non-hydrogen) atoms. The highest BCUT2D eigenvalue weighted by molar-refractivity contribution is 6.36. The standard InChI is InChI=1S/C28H27ClF2N4O3/c1-3-4-14-38-28(36)35-12-10-34(11-13-35)27-19-15-32-25(24(31)26(19)33-16-21(27)37-2)18-7-5-6-17-8-9-20(30)23(29)22(17)18/h5-9,15-16H,3-4,10-14H2,1-2H3.